The number of aromatic nitrogens is 2. The van der Waals surface area contributed by atoms with Gasteiger partial charge in [-0.3, -0.25) is 14.3 Å². The molecule has 1 aliphatic heterocycles. The Morgan fingerprint density at radius 3 is 2.21 bits per heavy atom. The topological polar surface area (TPSA) is 148 Å². The fourth-order valence-electron chi connectivity index (χ4n) is 6.64. The van der Waals surface area contributed by atoms with E-state index < -0.39 is 43.8 Å². The van der Waals surface area contributed by atoms with Crippen LogP contribution in [0.1, 0.15) is 74.6 Å². The second-order valence-electron chi connectivity index (χ2n) is 13.5. The van der Waals surface area contributed by atoms with Gasteiger partial charge in [-0.05, 0) is 69.0 Å². The molecule has 1 aliphatic rings. The fraction of sp³-hybridized carbons (Fsp3) is 0.425. The molecule has 0 saturated carbocycles. The number of hydrogen-bond donors (Lipinski definition) is 2. The zero-order chi connectivity index (χ0) is 38.1. The Labute approximate surface area is 311 Å². The van der Waals surface area contributed by atoms with Gasteiger partial charge >= 0.3 is 5.69 Å². The molecule has 1 aromatic heterocycles. The van der Waals surface area contributed by atoms with Crippen LogP contribution in [0.2, 0.25) is 0 Å². The maximum atomic E-state index is 13.1. The summed E-state index contributed by atoms with van der Waals surface area (Å²) in [6.07, 6.45) is -0.144. The quantitative estimate of drug-likeness (QED) is 0.0717. The lowest BCUT2D eigenvalue weighted by Gasteiger charge is -2.39. The third-order valence-corrected chi connectivity index (χ3v) is 11.4. The number of methoxy groups -OCH3 is 1. The summed E-state index contributed by atoms with van der Waals surface area (Å²) in [5.41, 5.74) is 1.41. The molecule has 2 N–H and O–H groups in total. The van der Waals surface area contributed by atoms with Gasteiger partial charge in [0.05, 0.1) is 45.5 Å². The summed E-state index contributed by atoms with van der Waals surface area (Å²) in [6.45, 7) is 9.99. The van der Waals surface area contributed by atoms with Gasteiger partial charge in [0, 0.05) is 30.3 Å². The smallest absolute Gasteiger partial charge is 0.330 e. The van der Waals surface area contributed by atoms with Gasteiger partial charge in [-0.1, -0.05) is 66.7 Å². The summed E-state index contributed by atoms with van der Waals surface area (Å²) in [4.78, 5) is 27.8. The van der Waals surface area contributed by atoms with Gasteiger partial charge in [0.15, 0.2) is 0 Å². The molecule has 13 heteroatoms. The van der Waals surface area contributed by atoms with Gasteiger partial charge in [-0.15, -0.1) is 0 Å². The third kappa shape index (κ3) is 9.14. The predicted octanol–water partition coefficient (Wildman–Crippen LogP) is 6.30. The molecule has 5 rings (SSSR count). The van der Waals surface area contributed by atoms with Crippen molar-refractivity contribution in [2.24, 2.45) is 0 Å². The van der Waals surface area contributed by atoms with E-state index in [0.717, 1.165) is 22.3 Å². The maximum absolute atomic E-state index is 13.1. The molecule has 3 aromatic carbocycles. The molecular weight excluding hydrogens is 695 g/mol. The van der Waals surface area contributed by atoms with Crippen molar-refractivity contribution in [2.45, 2.75) is 90.2 Å². The molecule has 53 heavy (non-hydrogen) atoms. The predicted molar refractivity (Wildman–Crippen MR) is 202 cm³/mol. The second kappa shape index (κ2) is 18.2. The molecule has 1 fully saturated rings. The molecular formula is C40H49N4O8P. The molecule has 5 atom stereocenters. The molecule has 1 saturated heterocycles. The number of nitriles is 1. The number of nitrogens with zero attached hydrogens (tertiary/aromatic N) is 3. The minimum atomic E-state index is -1.68. The summed E-state index contributed by atoms with van der Waals surface area (Å²) >= 11 is 0. The highest BCUT2D eigenvalue weighted by atomic mass is 31.2. The first-order valence-electron chi connectivity index (χ1n) is 17.8. The van der Waals surface area contributed by atoms with E-state index in [0.29, 0.717) is 11.3 Å². The number of aromatic amines is 1. The van der Waals surface area contributed by atoms with Crippen LogP contribution < -0.4 is 16.0 Å². The molecule has 2 unspecified atom stereocenters. The zero-order valence-corrected chi connectivity index (χ0v) is 32.0. The molecule has 0 radical (unpaired) electrons. The van der Waals surface area contributed by atoms with Crippen LogP contribution in [0.5, 0.6) is 5.75 Å². The standard InChI is InChI=1S/C40H49N4O8P/c1-27(2)44(28(3)4)53(50-22-10-21-41)52-35-23-37(43-24-29(5)38(46)42-39(43)47)51-36(35)26-49-40(31-11-8-7-9-12-31,32-15-13-30(25-45)14-16-32)33-17-19-34(48-6)20-18-33/h7-9,11-20,24,27-28,35-37,45H,10,22-23,25-26H2,1-6H3,(H,42,46,47)/t35-,36-,37-,40?,53?/m1/s1. The lowest BCUT2D eigenvalue weighted by Crippen LogP contribution is -2.39. The Hall–Kier alpha value is -4.18. The normalized spacial score (nSPS) is 19.0. The molecule has 4 aromatic rings. The van der Waals surface area contributed by atoms with Crippen molar-refractivity contribution in [3.8, 4) is 11.8 Å². The van der Waals surface area contributed by atoms with Crippen molar-refractivity contribution < 1.29 is 28.4 Å². The summed E-state index contributed by atoms with van der Waals surface area (Å²) < 4.78 is 36.0. The average Bonchev–Trinajstić information content (AvgIpc) is 3.56. The number of rotatable bonds is 17. The van der Waals surface area contributed by atoms with Gasteiger partial charge in [0.2, 0.25) is 0 Å². The van der Waals surface area contributed by atoms with E-state index in [1.54, 1.807) is 14.0 Å². The van der Waals surface area contributed by atoms with Gasteiger partial charge in [-0.25, -0.2) is 9.46 Å². The van der Waals surface area contributed by atoms with E-state index in [4.69, 9.17) is 23.3 Å². The molecule has 282 valence electrons. The Balaban J connectivity index is 1.60. The Morgan fingerprint density at radius 1 is 1.00 bits per heavy atom. The van der Waals surface area contributed by atoms with Crippen LogP contribution in [0.15, 0.2) is 94.6 Å². The van der Waals surface area contributed by atoms with Crippen molar-refractivity contribution in [1.82, 2.24) is 14.2 Å². The highest BCUT2D eigenvalue weighted by Gasteiger charge is 2.45. The van der Waals surface area contributed by atoms with E-state index in [1.165, 1.54) is 10.8 Å². The summed E-state index contributed by atoms with van der Waals surface area (Å²) in [5, 5.41) is 19.2. The highest BCUT2D eigenvalue weighted by molar-refractivity contribution is 7.44. The van der Waals surface area contributed by atoms with E-state index in [1.807, 2.05) is 78.9 Å². The first kappa shape index (κ1) is 40.0. The molecule has 0 bridgehead atoms. The van der Waals surface area contributed by atoms with Crippen molar-refractivity contribution >= 4 is 8.53 Å². The number of hydrogen-bond acceptors (Lipinski definition) is 10. The maximum Gasteiger partial charge on any atom is 0.330 e. The van der Waals surface area contributed by atoms with Crippen molar-refractivity contribution in [1.29, 1.82) is 5.26 Å². The largest absolute Gasteiger partial charge is 0.497 e. The minimum absolute atomic E-state index is 0.0195. The molecule has 0 amide bonds. The summed E-state index contributed by atoms with van der Waals surface area (Å²) in [7, 11) is -0.0606. The van der Waals surface area contributed by atoms with Crippen molar-refractivity contribution in [2.75, 3.05) is 20.3 Å². The first-order valence-corrected chi connectivity index (χ1v) is 18.9. The average molecular weight is 745 g/mol. The van der Waals surface area contributed by atoms with E-state index in [-0.39, 0.29) is 44.7 Å². The molecule has 0 spiro atoms. The number of nitrogens with one attached hydrogen (secondary N) is 1. The number of aryl methyl sites for hydroxylation is 1. The zero-order valence-electron chi connectivity index (χ0n) is 31.1. The van der Waals surface area contributed by atoms with E-state index in [9.17, 15) is 20.0 Å². The van der Waals surface area contributed by atoms with Gasteiger partial charge < -0.3 is 28.4 Å². The van der Waals surface area contributed by atoms with Crippen LogP contribution in [0.25, 0.3) is 0 Å². The number of benzene rings is 3. The SMILES string of the molecule is COc1ccc(C(OC[C@H]2O[C@@H](n3cc(C)c(=O)[nH]c3=O)C[C@H]2OP(OCCC#N)N(C(C)C)C(C)C)(c2ccccc2)c2ccc(CO)cc2)cc1. The lowest BCUT2D eigenvalue weighted by molar-refractivity contribution is -0.0926. The lowest BCUT2D eigenvalue weighted by atomic mass is 9.79. The van der Waals surface area contributed by atoms with Gasteiger partial charge in [0.1, 0.15) is 23.7 Å². The van der Waals surface area contributed by atoms with Crippen LogP contribution in [-0.2, 0) is 30.7 Å². The van der Waals surface area contributed by atoms with E-state index in [2.05, 4.69) is 43.4 Å². The Kier molecular flexibility index (Phi) is 13.8. The van der Waals surface area contributed by atoms with E-state index >= 15 is 0 Å². The fourth-order valence-corrected chi connectivity index (χ4v) is 8.40. The summed E-state index contributed by atoms with van der Waals surface area (Å²) in [6, 6.07) is 27.5. The van der Waals surface area contributed by atoms with Crippen LogP contribution in [0.4, 0.5) is 0 Å². The summed E-state index contributed by atoms with van der Waals surface area (Å²) in [5.74, 6) is 0.688. The number of aliphatic hydroxyl groups excluding tert-OH is 1. The first-order chi connectivity index (χ1) is 25.5. The van der Waals surface area contributed by atoms with Crippen LogP contribution in [0, 0.1) is 18.3 Å². The van der Waals surface area contributed by atoms with Gasteiger partial charge in [0.25, 0.3) is 14.1 Å². The number of aliphatic hydroxyl groups is 1. The second-order valence-corrected chi connectivity index (χ2v) is 14.9. The number of ether oxygens (including phenoxy) is 3. The number of H-pyrrole nitrogens is 1. The third-order valence-electron chi connectivity index (χ3n) is 9.21. The van der Waals surface area contributed by atoms with Crippen molar-refractivity contribution in [3.05, 3.63) is 134 Å². The molecule has 2 heterocycles. The monoisotopic (exact) mass is 744 g/mol. The Bertz CT molecular complexity index is 1870. The van der Waals surface area contributed by atoms with Crippen LogP contribution >= 0.6 is 8.53 Å². The van der Waals surface area contributed by atoms with Crippen molar-refractivity contribution in [3.63, 3.8) is 0 Å². The van der Waals surface area contributed by atoms with Gasteiger partial charge in [-0.2, -0.15) is 5.26 Å². The van der Waals surface area contributed by atoms with Crippen LogP contribution in [-0.4, -0.2) is 63.9 Å². The molecule has 0 aliphatic carbocycles. The van der Waals surface area contributed by atoms with Crippen LogP contribution in [0.3, 0.4) is 0 Å². The minimum Gasteiger partial charge on any atom is -0.497 e. The molecule has 12 nitrogen and oxygen atoms in total. The Morgan fingerprint density at radius 2 is 1.62 bits per heavy atom. The highest BCUT2D eigenvalue weighted by Crippen LogP contribution is 2.50.